The van der Waals surface area contributed by atoms with Crippen molar-refractivity contribution < 1.29 is 4.79 Å². The summed E-state index contributed by atoms with van der Waals surface area (Å²) in [4.78, 5) is 18.0. The number of carbonyl (C=O) groups is 1. The third kappa shape index (κ3) is 3.58. The molecule has 0 aromatic carbocycles. The lowest BCUT2D eigenvalue weighted by atomic mass is 9.74. The molecule has 2 atom stereocenters. The van der Waals surface area contributed by atoms with Crippen molar-refractivity contribution in [2.45, 2.75) is 58.4 Å². The summed E-state index contributed by atoms with van der Waals surface area (Å²) in [6.07, 6.45) is 4.96. The lowest BCUT2D eigenvalue weighted by molar-refractivity contribution is -0.128. The van der Waals surface area contributed by atoms with E-state index in [0.29, 0.717) is 6.54 Å². The molecule has 1 aromatic rings. The van der Waals surface area contributed by atoms with Gasteiger partial charge in [0.2, 0.25) is 5.91 Å². The summed E-state index contributed by atoms with van der Waals surface area (Å²) in [5, 5.41) is 4.14. The summed E-state index contributed by atoms with van der Waals surface area (Å²) < 4.78 is 0. The van der Waals surface area contributed by atoms with Crippen molar-refractivity contribution in [1.29, 1.82) is 0 Å². The van der Waals surface area contributed by atoms with Gasteiger partial charge in [-0.1, -0.05) is 12.8 Å². The lowest BCUT2D eigenvalue weighted by Crippen LogP contribution is -2.53. The fraction of sp³-hybridized carbons (Fsp3) is 0.733. The number of amides is 1. The molecule has 0 bridgehead atoms. The molecular weight excluding hydrogens is 270 g/mol. The fourth-order valence-electron chi connectivity index (χ4n) is 3.02. The van der Waals surface area contributed by atoms with Crippen LogP contribution in [0.5, 0.6) is 0 Å². The van der Waals surface area contributed by atoms with Crippen LogP contribution in [-0.2, 0) is 11.2 Å². The normalized spacial score (nSPS) is 26.5. The van der Waals surface area contributed by atoms with Gasteiger partial charge >= 0.3 is 0 Å². The number of aromatic nitrogens is 1. The molecule has 1 fully saturated rings. The number of nitrogens with one attached hydrogen (secondary N) is 1. The highest BCUT2D eigenvalue weighted by Gasteiger charge is 2.37. The molecule has 1 saturated carbocycles. The first-order valence-electron chi connectivity index (χ1n) is 7.39. The van der Waals surface area contributed by atoms with Crippen LogP contribution in [-0.4, -0.2) is 23.0 Å². The highest BCUT2D eigenvalue weighted by molar-refractivity contribution is 7.11. The van der Waals surface area contributed by atoms with Gasteiger partial charge in [0.1, 0.15) is 0 Å². The van der Waals surface area contributed by atoms with E-state index < -0.39 is 0 Å². The van der Waals surface area contributed by atoms with Crippen LogP contribution in [0.4, 0.5) is 0 Å². The monoisotopic (exact) mass is 295 g/mol. The Bertz CT molecular complexity index is 481. The van der Waals surface area contributed by atoms with Crippen molar-refractivity contribution in [2.24, 2.45) is 11.7 Å². The smallest absolute Gasteiger partial charge is 0.224 e. The molecule has 1 aliphatic carbocycles. The number of nitrogens with zero attached hydrogens (tertiary/aromatic N) is 1. The van der Waals surface area contributed by atoms with Crippen molar-refractivity contribution in [2.75, 3.05) is 6.54 Å². The third-order valence-corrected chi connectivity index (χ3v) is 5.35. The minimum absolute atomic E-state index is 0.0412. The third-order valence-electron chi connectivity index (χ3n) is 4.22. The standard InChI is InChI=1S/C15H25N3OS/c1-10-13(20-11(2)18-10)7-9-17-14(19)12-6-4-5-8-15(12,3)16/h12H,4-9,16H2,1-3H3,(H,17,19). The molecule has 112 valence electrons. The van der Waals surface area contributed by atoms with Crippen molar-refractivity contribution in [1.82, 2.24) is 10.3 Å². The van der Waals surface area contributed by atoms with Crippen LogP contribution in [0.3, 0.4) is 0 Å². The van der Waals surface area contributed by atoms with Gasteiger partial charge in [-0.05, 0) is 33.6 Å². The van der Waals surface area contributed by atoms with E-state index in [0.717, 1.165) is 42.8 Å². The summed E-state index contributed by atoms with van der Waals surface area (Å²) in [7, 11) is 0. The highest BCUT2D eigenvalue weighted by atomic mass is 32.1. The zero-order valence-corrected chi connectivity index (χ0v) is 13.5. The Morgan fingerprint density at radius 3 is 2.85 bits per heavy atom. The predicted octanol–water partition coefficient (Wildman–Crippen LogP) is 2.33. The van der Waals surface area contributed by atoms with E-state index in [2.05, 4.69) is 10.3 Å². The number of thiazole rings is 1. The Morgan fingerprint density at radius 1 is 1.50 bits per heavy atom. The quantitative estimate of drug-likeness (QED) is 0.896. The fourth-order valence-corrected chi connectivity index (χ4v) is 3.95. The second-order valence-corrected chi connectivity index (χ2v) is 7.37. The van der Waals surface area contributed by atoms with Crippen LogP contribution in [0.25, 0.3) is 0 Å². The average molecular weight is 295 g/mol. The van der Waals surface area contributed by atoms with Crippen LogP contribution in [0.2, 0.25) is 0 Å². The molecule has 3 N–H and O–H groups in total. The van der Waals surface area contributed by atoms with Crippen molar-refractivity contribution in [3.8, 4) is 0 Å². The summed E-state index contributed by atoms with van der Waals surface area (Å²) in [5.41, 5.74) is 7.00. The van der Waals surface area contributed by atoms with Gasteiger partial charge in [-0.3, -0.25) is 4.79 Å². The second kappa shape index (κ2) is 6.22. The zero-order valence-electron chi connectivity index (χ0n) is 12.7. The summed E-state index contributed by atoms with van der Waals surface area (Å²) >= 11 is 1.71. The van der Waals surface area contributed by atoms with Crippen LogP contribution in [0.1, 0.15) is 48.2 Å². The minimum Gasteiger partial charge on any atom is -0.355 e. The predicted molar refractivity (Wildman–Crippen MR) is 82.9 cm³/mol. The van der Waals surface area contributed by atoms with Gasteiger partial charge in [-0.15, -0.1) is 11.3 Å². The Labute approximate surface area is 125 Å². The van der Waals surface area contributed by atoms with Crippen LogP contribution in [0.15, 0.2) is 0 Å². The van der Waals surface area contributed by atoms with Gasteiger partial charge in [0, 0.05) is 23.4 Å². The maximum atomic E-state index is 12.3. The molecule has 1 amide bonds. The maximum absolute atomic E-state index is 12.3. The molecule has 2 unspecified atom stereocenters. The molecule has 0 radical (unpaired) electrons. The summed E-state index contributed by atoms with van der Waals surface area (Å²) in [6.45, 7) is 6.72. The Kier molecular flexibility index (Phi) is 4.81. The maximum Gasteiger partial charge on any atom is 0.224 e. The first-order valence-corrected chi connectivity index (χ1v) is 8.21. The van der Waals surface area contributed by atoms with Crippen molar-refractivity contribution in [3.05, 3.63) is 15.6 Å². The topological polar surface area (TPSA) is 68.0 Å². The average Bonchev–Trinajstić information content (AvgIpc) is 2.67. The van der Waals surface area contributed by atoms with E-state index in [1.54, 1.807) is 11.3 Å². The van der Waals surface area contributed by atoms with E-state index in [-0.39, 0.29) is 17.4 Å². The Balaban J connectivity index is 1.84. The molecule has 2 rings (SSSR count). The molecule has 0 aliphatic heterocycles. The van der Waals surface area contributed by atoms with E-state index in [1.807, 2.05) is 20.8 Å². The second-order valence-electron chi connectivity index (χ2n) is 6.09. The van der Waals surface area contributed by atoms with Gasteiger partial charge in [0.05, 0.1) is 16.6 Å². The number of hydrogen-bond acceptors (Lipinski definition) is 4. The SMILES string of the molecule is Cc1nc(C)c(CCNC(=O)C2CCCCC2(C)N)s1. The van der Waals surface area contributed by atoms with Crippen LogP contribution in [0, 0.1) is 19.8 Å². The van der Waals surface area contributed by atoms with Gasteiger partial charge < -0.3 is 11.1 Å². The molecule has 4 nitrogen and oxygen atoms in total. The molecule has 1 aromatic heterocycles. The molecule has 20 heavy (non-hydrogen) atoms. The van der Waals surface area contributed by atoms with Gasteiger partial charge in [0.25, 0.3) is 0 Å². The molecule has 5 heteroatoms. The number of hydrogen-bond donors (Lipinski definition) is 2. The minimum atomic E-state index is -0.348. The Morgan fingerprint density at radius 2 is 2.25 bits per heavy atom. The van der Waals surface area contributed by atoms with Crippen molar-refractivity contribution in [3.63, 3.8) is 0 Å². The largest absolute Gasteiger partial charge is 0.355 e. The molecule has 1 heterocycles. The van der Waals surface area contributed by atoms with E-state index in [4.69, 9.17) is 5.73 Å². The summed E-state index contributed by atoms with van der Waals surface area (Å²) in [6, 6.07) is 0. The molecular formula is C15H25N3OS. The number of aryl methyl sites for hydroxylation is 2. The molecule has 0 saturated heterocycles. The summed E-state index contributed by atoms with van der Waals surface area (Å²) in [5.74, 6) is 0.0779. The van der Waals surface area contributed by atoms with E-state index >= 15 is 0 Å². The first kappa shape index (κ1) is 15.4. The van der Waals surface area contributed by atoms with Crippen LogP contribution < -0.4 is 11.1 Å². The van der Waals surface area contributed by atoms with E-state index in [9.17, 15) is 4.79 Å². The Hall–Kier alpha value is -0.940. The number of rotatable bonds is 4. The van der Waals surface area contributed by atoms with Gasteiger partial charge in [0.15, 0.2) is 0 Å². The van der Waals surface area contributed by atoms with E-state index in [1.165, 1.54) is 4.88 Å². The molecule has 1 aliphatic rings. The number of nitrogens with two attached hydrogens (primary N) is 1. The molecule has 0 spiro atoms. The first-order chi connectivity index (χ1) is 9.40. The van der Waals surface area contributed by atoms with Gasteiger partial charge in [-0.2, -0.15) is 0 Å². The van der Waals surface area contributed by atoms with Gasteiger partial charge in [-0.25, -0.2) is 4.98 Å². The van der Waals surface area contributed by atoms with Crippen molar-refractivity contribution >= 4 is 17.2 Å². The number of carbonyl (C=O) groups excluding carboxylic acids is 1. The highest BCUT2D eigenvalue weighted by Crippen LogP contribution is 2.31. The van der Waals surface area contributed by atoms with Crippen LogP contribution >= 0.6 is 11.3 Å². The lowest BCUT2D eigenvalue weighted by Gasteiger charge is -2.37. The zero-order chi connectivity index (χ0) is 14.8.